The highest BCUT2D eigenvalue weighted by molar-refractivity contribution is 5.81. The van der Waals surface area contributed by atoms with Crippen LogP contribution < -0.4 is 10.7 Å². The number of pyridine rings is 1. The summed E-state index contributed by atoms with van der Waals surface area (Å²) in [5.74, 6) is 0. The van der Waals surface area contributed by atoms with Gasteiger partial charge < -0.3 is 15.0 Å². The van der Waals surface area contributed by atoms with Gasteiger partial charge in [0.1, 0.15) is 6.61 Å². The molecule has 132 valence electrons. The quantitative estimate of drug-likeness (QED) is 0.737. The molecule has 0 bridgehead atoms. The van der Waals surface area contributed by atoms with Crippen molar-refractivity contribution in [1.29, 1.82) is 0 Å². The maximum Gasteiger partial charge on any atom is 0.407 e. The van der Waals surface area contributed by atoms with Crippen molar-refractivity contribution in [2.45, 2.75) is 13.5 Å². The Morgan fingerprint density at radius 3 is 2.77 bits per heavy atom. The Balaban J connectivity index is 1.53. The lowest BCUT2D eigenvalue weighted by molar-refractivity contribution is 0.141. The minimum atomic E-state index is -0.469. The van der Waals surface area contributed by atoms with Crippen molar-refractivity contribution >= 4 is 23.1 Å². The molecule has 5 heteroatoms. The molecular weight excluding hydrogens is 328 g/mol. The lowest BCUT2D eigenvalue weighted by Crippen LogP contribution is -2.24. The number of amides is 1. The molecule has 3 rings (SSSR count). The van der Waals surface area contributed by atoms with Crippen LogP contribution in [-0.2, 0) is 11.3 Å². The van der Waals surface area contributed by atoms with Crippen molar-refractivity contribution in [2.24, 2.45) is 0 Å². The molecule has 0 saturated heterocycles. The van der Waals surface area contributed by atoms with Gasteiger partial charge in [-0.1, -0.05) is 48.6 Å². The van der Waals surface area contributed by atoms with E-state index in [9.17, 15) is 9.59 Å². The van der Waals surface area contributed by atoms with Crippen LogP contribution in [-0.4, -0.2) is 17.6 Å². The Morgan fingerprint density at radius 1 is 1.15 bits per heavy atom. The van der Waals surface area contributed by atoms with Gasteiger partial charge in [-0.25, -0.2) is 4.79 Å². The van der Waals surface area contributed by atoms with Crippen LogP contribution in [0, 0.1) is 6.92 Å². The normalized spacial score (nSPS) is 11.0. The average Bonchev–Trinajstić information content (AvgIpc) is 2.64. The maximum absolute atomic E-state index is 12.0. The van der Waals surface area contributed by atoms with Gasteiger partial charge in [-0.15, -0.1) is 0 Å². The van der Waals surface area contributed by atoms with E-state index < -0.39 is 6.09 Å². The van der Waals surface area contributed by atoms with Crippen LogP contribution in [0.15, 0.2) is 65.5 Å². The molecule has 0 spiro atoms. The van der Waals surface area contributed by atoms with Crippen LogP contribution in [0.25, 0.3) is 17.0 Å². The number of benzene rings is 2. The molecule has 1 heterocycles. The number of nitrogens with one attached hydrogen (secondary N) is 2. The molecule has 0 atom stereocenters. The molecule has 2 aromatic carbocycles. The zero-order chi connectivity index (χ0) is 18.4. The number of rotatable bonds is 5. The molecule has 1 aromatic heterocycles. The third-order valence-electron chi connectivity index (χ3n) is 3.88. The van der Waals surface area contributed by atoms with Crippen LogP contribution in [0.2, 0.25) is 0 Å². The van der Waals surface area contributed by atoms with Gasteiger partial charge >= 0.3 is 6.09 Å². The SMILES string of the molecule is Cc1cc(=O)c2cc(C=CCNC(=O)OCc3ccccc3)ccc2[nH]1. The van der Waals surface area contributed by atoms with Crippen molar-refractivity contribution in [1.82, 2.24) is 10.3 Å². The predicted octanol–water partition coefficient (Wildman–Crippen LogP) is 3.78. The molecule has 0 aliphatic carbocycles. The second-order valence-corrected chi connectivity index (χ2v) is 5.97. The number of fused-ring (bicyclic) bond motifs is 1. The molecule has 2 N–H and O–H groups in total. The van der Waals surface area contributed by atoms with E-state index in [1.165, 1.54) is 0 Å². The Bertz CT molecular complexity index is 991. The van der Waals surface area contributed by atoms with Gasteiger partial charge in [0.05, 0.1) is 0 Å². The van der Waals surface area contributed by atoms with Crippen LogP contribution in [0.1, 0.15) is 16.8 Å². The highest BCUT2D eigenvalue weighted by Gasteiger charge is 2.02. The molecule has 26 heavy (non-hydrogen) atoms. The fourth-order valence-corrected chi connectivity index (χ4v) is 2.61. The number of hydrogen-bond donors (Lipinski definition) is 2. The van der Waals surface area contributed by atoms with Gasteiger partial charge in [0, 0.05) is 29.2 Å². The number of H-pyrrole nitrogens is 1. The maximum atomic E-state index is 12.0. The molecule has 0 aliphatic heterocycles. The molecule has 0 fully saturated rings. The minimum absolute atomic E-state index is 0.00545. The summed E-state index contributed by atoms with van der Waals surface area (Å²) in [4.78, 5) is 26.9. The van der Waals surface area contributed by atoms with E-state index in [0.717, 1.165) is 22.3 Å². The number of alkyl carbamates (subject to hydrolysis) is 1. The Morgan fingerprint density at radius 2 is 1.96 bits per heavy atom. The first-order valence-electron chi connectivity index (χ1n) is 8.36. The van der Waals surface area contributed by atoms with Gasteiger partial charge in [0.2, 0.25) is 0 Å². The number of aryl methyl sites for hydroxylation is 1. The molecule has 1 amide bonds. The summed E-state index contributed by atoms with van der Waals surface area (Å²) in [5, 5.41) is 3.31. The molecule has 0 radical (unpaired) electrons. The molecule has 3 aromatic rings. The number of aromatic nitrogens is 1. The fourth-order valence-electron chi connectivity index (χ4n) is 2.61. The summed E-state index contributed by atoms with van der Waals surface area (Å²) in [5.41, 5.74) is 3.48. The van der Waals surface area contributed by atoms with Gasteiger partial charge in [0.25, 0.3) is 0 Å². The van der Waals surface area contributed by atoms with E-state index in [-0.39, 0.29) is 12.0 Å². The minimum Gasteiger partial charge on any atom is -0.445 e. The van der Waals surface area contributed by atoms with Crippen LogP contribution >= 0.6 is 0 Å². The van der Waals surface area contributed by atoms with Gasteiger partial charge in [-0.2, -0.15) is 0 Å². The molecule has 0 saturated carbocycles. The third-order valence-corrected chi connectivity index (χ3v) is 3.88. The second-order valence-electron chi connectivity index (χ2n) is 5.97. The first kappa shape index (κ1) is 17.5. The van der Waals surface area contributed by atoms with Crippen molar-refractivity contribution in [3.05, 3.63) is 87.7 Å². The van der Waals surface area contributed by atoms with E-state index in [4.69, 9.17) is 4.74 Å². The largest absolute Gasteiger partial charge is 0.445 e. The van der Waals surface area contributed by atoms with E-state index in [2.05, 4.69) is 10.3 Å². The smallest absolute Gasteiger partial charge is 0.407 e. The highest BCUT2D eigenvalue weighted by atomic mass is 16.5. The van der Waals surface area contributed by atoms with Crippen molar-refractivity contribution < 1.29 is 9.53 Å². The number of hydrogen-bond acceptors (Lipinski definition) is 3. The summed E-state index contributed by atoms with van der Waals surface area (Å²) in [7, 11) is 0. The summed E-state index contributed by atoms with van der Waals surface area (Å²) >= 11 is 0. The zero-order valence-electron chi connectivity index (χ0n) is 14.5. The second kappa shape index (κ2) is 8.16. The summed E-state index contributed by atoms with van der Waals surface area (Å²) in [6.45, 7) is 2.44. The zero-order valence-corrected chi connectivity index (χ0v) is 14.5. The van der Waals surface area contributed by atoms with E-state index >= 15 is 0 Å². The number of carbonyl (C=O) groups excluding carboxylic acids is 1. The van der Waals surface area contributed by atoms with Gasteiger partial charge in [-0.05, 0) is 30.2 Å². The lowest BCUT2D eigenvalue weighted by atomic mass is 10.1. The highest BCUT2D eigenvalue weighted by Crippen LogP contribution is 2.12. The first-order valence-corrected chi connectivity index (χ1v) is 8.36. The summed E-state index contributed by atoms with van der Waals surface area (Å²) in [6, 6.07) is 16.7. The number of ether oxygens (including phenoxy) is 1. The number of aromatic amines is 1. The van der Waals surface area contributed by atoms with E-state index in [1.807, 2.05) is 67.6 Å². The lowest BCUT2D eigenvalue weighted by Gasteiger charge is -2.05. The van der Waals surface area contributed by atoms with E-state index in [0.29, 0.717) is 11.9 Å². The molecule has 0 aliphatic rings. The van der Waals surface area contributed by atoms with Crippen LogP contribution in [0.5, 0.6) is 0 Å². The van der Waals surface area contributed by atoms with Crippen LogP contribution in [0.3, 0.4) is 0 Å². The van der Waals surface area contributed by atoms with Gasteiger partial charge in [-0.3, -0.25) is 4.79 Å². The summed E-state index contributed by atoms with van der Waals surface area (Å²) in [6.07, 6.45) is 3.20. The van der Waals surface area contributed by atoms with Crippen molar-refractivity contribution in [2.75, 3.05) is 6.54 Å². The standard InChI is InChI=1S/C21H20N2O3/c1-15-12-20(24)18-13-16(9-10-19(18)23-15)8-5-11-22-21(25)26-14-17-6-3-2-4-7-17/h2-10,12-13H,11,14H2,1H3,(H,22,25)(H,23,24). The molecular formula is C21H20N2O3. The average molecular weight is 348 g/mol. The fraction of sp³-hybridized carbons (Fsp3) is 0.143. The third kappa shape index (κ3) is 4.60. The number of carbonyl (C=O) groups is 1. The molecule has 0 unspecified atom stereocenters. The van der Waals surface area contributed by atoms with Crippen molar-refractivity contribution in [3.8, 4) is 0 Å². The van der Waals surface area contributed by atoms with Gasteiger partial charge in [0.15, 0.2) is 5.43 Å². The topological polar surface area (TPSA) is 71.2 Å². The predicted molar refractivity (Wildman–Crippen MR) is 103 cm³/mol. The monoisotopic (exact) mass is 348 g/mol. The Labute approximate surface area is 151 Å². The summed E-state index contributed by atoms with van der Waals surface area (Å²) < 4.78 is 5.14. The van der Waals surface area contributed by atoms with E-state index in [1.54, 1.807) is 6.07 Å². The van der Waals surface area contributed by atoms with Crippen molar-refractivity contribution in [3.63, 3.8) is 0 Å². The molecule has 5 nitrogen and oxygen atoms in total. The Hall–Kier alpha value is -3.34. The Kier molecular flexibility index (Phi) is 5.49. The van der Waals surface area contributed by atoms with Crippen LogP contribution in [0.4, 0.5) is 4.79 Å². The first-order chi connectivity index (χ1) is 12.6.